The van der Waals surface area contributed by atoms with E-state index in [4.69, 9.17) is 21.1 Å². The van der Waals surface area contributed by atoms with Crippen molar-refractivity contribution in [2.75, 3.05) is 27.3 Å². The summed E-state index contributed by atoms with van der Waals surface area (Å²) in [5, 5.41) is 15.1. The monoisotopic (exact) mass is 509 g/mol. The minimum Gasteiger partial charge on any atom is -0.493 e. The molecule has 2 heterocycles. The van der Waals surface area contributed by atoms with Gasteiger partial charge in [-0.1, -0.05) is 29.8 Å². The molecule has 4 rings (SSSR count). The van der Waals surface area contributed by atoms with E-state index in [2.05, 4.69) is 15.2 Å². The molecule has 2 aromatic carbocycles. The second-order valence-electron chi connectivity index (χ2n) is 9.10. The third-order valence-electron chi connectivity index (χ3n) is 6.82. The maximum absolute atomic E-state index is 12.8. The molecule has 0 saturated carbocycles. The van der Waals surface area contributed by atoms with E-state index in [1.807, 2.05) is 37.3 Å². The summed E-state index contributed by atoms with van der Waals surface area (Å²) >= 11 is 6.17. The molecule has 1 aliphatic heterocycles. The van der Waals surface area contributed by atoms with Gasteiger partial charge in [0.05, 0.1) is 19.9 Å². The summed E-state index contributed by atoms with van der Waals surface area (Å²) in [5.41, 5.74) is 2.77. The molecule has 0 bridgehead atoms. The molecule has 0 atom stereocenters. The summed E-state index contributed by atoms with van der Waals surface area (Å²) in [6.07, 6.45) is 2.78. The molecule has 2 N–H and O–H groups in total. The number of benzene rings is 2. The standard InChI is InChI=1S/C28H32ClN3O4/c1-19-22(7-4-8-23(19)29)27(33)31-17-21-6-5-13-30-26(21)28(34)11-14-32(15-12-28)18-20-9-10-24(35-2)25(16-20)36-3/h4-10,13,16,34H,11-12,14-15,17-18H2,1-3H3,(H,31,33). The van der Waals surface area contributed by atoms with Crippen molar-refractivity contribution in [2.45, 2.75) is 38.5 Å². The number of nitrogens with one attached hydrogen (secondary N) is 1. The Bertz CT molecular complexity index is 1230. The van der Waals surface area contributed by atoms with Gasteiger partial charge >= 0.3 is 0 Å². The molecule has 3 aromatic rings. The first kappa shape index (κ1) is 25.9. The fourth-order valence-electron chi connectivity index (χ4n) is 4.68. The number of amides is 1. The van der Waals surface area contributed by atoms with Gasteiger partial charge in [0.25, 0.3) is 5.91 Å². The average Bonchev–Trinajstić information content (AvgIpc) is 2.90. The molecule has 0 unspecified atom stereocenters. The lowest BCUT2D eigenvalue weighted by atomic mass is 9.85. The van der Waals surface area contributed by atoms with E-state index >= 15 is 0 Å². The fraction of sp³-hybridized carbons (Fsp3) is 0.357. The number of aliphatic hydroxyl groups is 1. The number of piperidine rings is 1. The largest absolute Gasteiger partial charge is 0.493 e. The quantitative estimate of drug-likeness (QED) is 0.466. The normalized spacial score (nSPS) is 15.4. The summed E-state index contributed by atoms with van der Waals surface area (Å²) in [7, 11) is 3.25. The topological polar surface area (TPSA) is 83.9 Å². The highest BCUT2D eigenvalue weighted by molar-refractivity contribution is 6.31. The van der Waals surface area contributed by atoms with Crippen molar-refractivity contribution >= 4 is 17.5 Å². The molecular weight excluding hydrogens is 478 g/mol. The summed E-state index contributed by atoms with van der Waals surface area (Å²) in [4.78, 5) is 19.6. The van der Waals surface area contributed by atoms with Crippen molar-refractivity contribution < 1.29 is 19.4 Å². The zero-order valence-electron chi connectivity index (χ0n) is 20.9. The van der Waals surface area contributed by atoms with E-state index in [-0.39, 0.29) is 12.5 Å². The lowest BCUT2D eigenvalue weighted by molar-refractivity contribution is -0.0318. The molecule has 1 aliphatic rings. The van der Waals surface area contributed by atoms with Gasteiger partial charge in [0.1, 0.15) is 5.60 Å². The van der Waals surface area contributed by atoms with Gasteiger partial charge in [-0.2, -0.15) is 0 Å². The maximum atomic E-state index is 12.8. The van der Waals surface area contributed by atoms with Crippen LogP contribution in [0.25, 0.3) is 0 Å². The van der Waals surface area contributed by atoms with Crippen LogP contribution in [0.2, 0.25) is 5.02 Å². The molecule has 0 radical (unpaired) electrons. The number of nitrogens with zero attached hydrogens (tertiary/aromatic N) is 2. The Hall–Kier alpha value is -3.13. The molecule has 1 aromatic heterocycles. The third-order valence-corrected chi connectivity index (χ3v) is 7.23. The summed E-state index contributed by atoms with van der Waals surface area (Å²) in [5.74, 6) is 1.20. The number of methoxy groups -OCH3 is 2. The highest BCUT2D eigenvalue weighted by atomic mass is 35.5. The smallest absolute Gasteiger partial charge is 0.251 e. The summed E-state index contributed by atoms with van der Waals surface area (Å²) < 4.78 is 10.8. The van der Waals surface area contributed by atoms with Crippen LogP contribution in [0.15, 0.2) is 54.7 Å². The highest BCUT2D eigenvalue weighted by Crippen LogP contribution is 2.35. The molecule has 0 spiro atoms. The van der Waals surface area contributed by atoms with Crippen molar-refractivity contribution in [2.24, 2.45) is 0 Å². The Morgan fingerprint density at radius 1 is 1.11 bits per heavy atom. The first-order valence-electron chi connectivity index (χ1n) is 12.0. The fourth-order valence-corrected chi connectivity index (χ4v) is 4.85. The zero-order valence-corrected chi connectivity index (χ0v) is 21.6. The number of aromatic nitrogens is 1. The Kier molecular flexibility index (Phi) is 8.14. The van der Waals surface area contributed by atoms with Gasteiger partial charge in [-0.15, -0.1) is 0 Å². The molecular formula is C28H32ClN3O4. The summed E-state index contributed by atoms with van der Waals surface area (Å²) in [6.45, 7) is 4.28. The number of hydrogen-bond donors (Lipinski definition) is 2. The molecule has 1 amide bonds. The van der Waals surface area contributed by atoms with Crippen LogP contribution in [0.1, 0.15) is 45.6 Å². The second kappa shape index (κ2) is 11.3. The van der Waals surface area contributed by atoms with Gasteiger partial charge < -0.3 is 19.9 Å². The van der Waals surface area contributed by atoms with Crippen molar-refractivity contribution in [1.29, 1.82) is 0 Å². The van der Waals surface area contributed by atoms with Crippen LogP contribution in [0.3, 0.4) is 0 Å². The van der Waals surface area contributed by atoms with E-state index < -0.39 is 5.60 Å². The lowest BCUT2D eigenvalue weighted by Crippen LogP contribution is -2.43. The van der Waals surface area contributed by atoms with Crippen LogP contribution in [-0.4, -0.2) is 48.2 Å². The predicted molar refractivity (Wildman–Crippen MR) is 140 cm³/mol. The van der Waals surface area contributed by atoms with Gasteiger partial charge in [-0.25, -0.2) is 0 Å². The minimum absolute atomic E-state index is 0.207. The Morgan fingerprint density at radius 2 is 1.86 bits per heavy atom. The maximum Gasteiger partial charge on any atom is 0.251 e. The molecule has 8 heteroatoms. The van der Waals surface area contributed by atoms with Crippen molar-refractivity contribution in [1.82, 2.24) is 15.2 Å². The SMILES string of the molecule is COc1ccc(CN2CCC(O)(c3ncccc3CNC(=O)c3cccc(Cl)c3C)CC2)cc1OC. The minimum atomic E-state index is -1.05. The van der Waals surface area contributed by atoms with Gasteiger partial charge in [0.15, 0.2) is 11.5 Å². The van der Waals surface area contributed by atoms with E-state index in [0.717, 1.165) is 36.3 Å². The van der Waals surface area contributed by atoms with Crippen molar-refractivity contribution in [3.05, 3.63) is 87.7 Å². The molecule has 190 valence electrons. The number of halogens is 1. The second-order valence-corrected chi connectivity index (χ2v) is 9.51. The van der Waals surface area contributed by atoms with Crippen LogP contribution >= 0.6 is 11.6 Å². The first-order chi connectivity index (χ1) is 17.3. The Labute approximate surface area is 217 Å². The van der Waals surface area contributed by atoms with Crippen LogP contribution in [0.5, 0.6) is 11.5 Å². The van der Waals surface area contributed by atoms with Gasteiger partial charge in [0, 0.05) is 43.0 Å². The van der Waals surface area contributed by atoms with Crippen LogP contribution in [-0.2, 0) is 18.7 Å². The van der Waals surface area contributed by atoms with E-state index in [9.17, 15) is 9.90 Å². The lowest BCUT2D eigenvalue weighted by Gasteiger charge is -2.38. The number of pyridine rings is 1. The highest BCUT2D eigenvalue weighted by Gasteiger charge is 2.37. The number of hydrogen-bond acceptors (Lipinski definition) is 6. The van der Waals surface area contributed by atoms with Crippen LogP contribution in [0.4, 0.5) is 0 Å². The van der Waals surface area contributed by atoms with Crippen LogP contribution < -0.4 is 14.8 Å². The van der Waals surface area contributed by atoms with Crippen molar-refractivity contribution in [3.8, 4) is 11.5 Å². The number of rotatable bonds is 8. The Morgan fingerprint density at radius 3 is 2.58 bits per heavy atom. The Balaban J connectivity index is 1.41. The number of carbonyl (C=O) groups is 1. The number of ether oxygens (including phenoxy) is 2. The zero-order chi connectivity index (χ0) is 25.7. The molecule has 7 nitrogen and oxygen atoms in total. The van der Waals surface area contributed by atoms with Gasteiger partial charge in [-0.3, -0.25) is 14.7 Å². The van der Waals surface area contributed by atoms with E-state index in [0.29, 0.717) is 40.6 Å². The number of likely N-dealkylation sites (tertiary alicyclic amines) is 1. The predicted octanol–water partition coefficient (Wildman–Crippen LogP) is 4.47. The summed E-state index contributed by atoms with van der Waals surface area (Å²) in [6, 6.07) is 14.9. The molecule has 0 aliphatic carbocycles. The molecule has 36 heavy (non-hydrogen) atoms. The molecule has 1 fully saturated rings. The molecule has 1 saturated heterocycles. The van der Waals surface area contributed by atoms with Gasteiger partial charge in [0.2, 0.25) is 0 Å². The van der Waals surface area contributed by atoms with Crippen molar-refractivity contribution in [3.63, 3.8) is 0 Å². The number of carbonyl (C=O) groups excluding carboxylic acids is 1. The first-order valence-corrected chi connectivity index (χ1v) is 12.4. The van der Waals surface area contributed by atoms with E-state index in [1.54, 1.807) is 38.6 Å². The third kappa shape index (κ3) is 5.64. The van der Waals surface area contributed by atoms with Gasteiger partial charge in [-0.05, 0) is 66.8 Å². The average molecular weight is 510 g/mol. The van der Waals surface area contributed by atoms with E-state index in [1.165, 1.54) is 0 Å². The van der Waals surface area contributed by atoms with Crippen LogP contribution in [0, 0.1) is 6.92 Å².